The lowest BCUT2D eigenvalue weighted by molar-refractivity contribution is 0.158. The fourth-order valence-corrected chi connectivity index (χ4v) is 2.95. The van der Waals surface area contributed by atoms with Crippen LogP contribution in [0.5, 0.6) is 0 Å². The van der Waals surface area contributed by atoms with Gasteiger partial charge in [-0.1, -0.05) is 68.5 Å². The molecule has 0 saturated carbocycles. The summed E-state index contributed by atoms with van der Waals surface area (Å²) in [7, 11) is 0. The van der Waals surface area contributed by atoms with Crippen molar-refractivity contribution >= 4 is 0 Å². The molecule has 2 N–H and O–H groups in total. The van der Waals surface area contributed by atoms with Crippen LogP contribution < -0.4 is 5.43 Å². The van der Waals surface area contributed by atoms with Gasteiger partial charge in [0.2, 0.25) is 0 Å². The van der Waals surface area contributed by atoms with E-state index >= 15 is 0 Å². The second kappa shape index (κ2) is 13.1. The largest absolute Gasteiger partial charge is 0.392 e. The van der Waals surface area contributed by atoms with Gasteiger partial charge in [0, 0.05) is 0 Å². The van der Waals surface area contributed by atoms with E-state index in [0.717, 1.165) is 12.0 Å². The molecule has 7 nitrogen and oxygen atoms in total. The summed E-state index contributed by atoms with van der Waals surface area (Å²) >= 11 is 0. The molecule has 0 heterocycles. The summed E-state index contributed by atoms with van der Waals surface area (Å²) in [5, 5.41) is 15.7. The minimum absolute atomic E-state index is 0.154. The van der Waals surface area contributed by atoms with Crippen LogP contribution in [-0.2, 0) is 12.8 Å². The SMILES string of the molecule is CCCCCCCCc1ccc(CCC(CO)(CN=O)NN=[N+]=[N-])cc1. The van der Waals surface area contributed by atoms with E-state index in [2.05, 4.69) is 51.9 Å². The highest BCUT2D eigenvalue weighted by Crippen LogP contribution is 2.17. The first-order valence-electron chi connectivity index (χ1n) is 9.48. The Kier molecular flexibility index (Phi) is 11.1. The van der Waals surface area contributed by atoms with E-state index in [1.54, 1.807) is 0 Å². The Labute approximate surface area is 155 Å². The number of hydrogen-bond acceptors (Lipinski definition) is 4. The summed E-state index contributed by atoms with van der Waals surface area (Å²) in [6.45, 7) is 1.75. The maximum Gasteiger partial charge on any atom is 0.153 e. The van der Waals surface area contributed by atoms with Crippen molar-refractivity contribution in [2.24, 2.45) is 10.4 Å². The van der Waals surface area contributed by atoms with E-state index in [9.17, 15) is 10.0 Å². The lowest BCUT2D eigenvalue weighted by atomic mass is 9.92. The zero-order valence-corrected chi connectivity index (χ0v) is 15.7. The number of aliphatic hydroxyl groups excluding tert-OH is 1. The third-order valence-corrected chi connectivity index (χ3v) is 4.74. The van der Waals surface area contributed by atoms with Gasteiger partial charge in [-0.3, -0.25) is 5.43 Å². The van der Waals surface area contributed by atoms with Gasteiger partial charge < -0.3 is 5.11 Å². The van der Waals surface area contributed by atoms with Crippen molar-refractivity contribution in [3.8, 4) is 0 Å². The normalized spacial score (nSPS) is 12.8. The molecule has 26 heavy (non-hydrogen) atoms. The number of aryl methyl sites for hydroxylation is 2. The Morgan fingerprint density at radius 1 is 1.08 bits per heavy atom. The smallest absolute Gasteiger partial charge is 0.153 e. The second-order valence-electron chi connectivity index (χ2n) is 6.86. The van der Waals surface area contributed by atoms with Crippen molar-refractivity contribution in [1.82, 2.24) is 5.43 Å². The third kappa shape index (κ3) is 8.32. The monoisotopic (exact) mass is 361 g/mol. The molecular formula is C19H31N5O2. The molecule has 0 aliphatic heterocycles. The minimum atomic E-state index is -1.01. The molecule has 1 aromatic rings. The Morgan fingerprint density at radius 2 is 1.69 bits per heavy atom. The quantitative estimate of drug-likeness (QED) is 0.116. The van der Waals surface area contributed by atoms with Crippen molar-refractivity contribution in [2.45, 2.75) is 70.3 Å². The topological polar surface area (TPSA) is 110 Å². The zero-order chi connectivity index (χ0) is 19.1. The van der Waals surface area contributed by atoms with Gasteiger partial charge in [0.05, 0.1) is 6.61 Å². The van der Waals surface area contributed by atoms with E-state index in [4.69, 9.17) is 5.53 Å². The lowest BCUT2D eigenvalue weighted by Gasteiger charge is -2.25. The maximum atomic E-state index is 10.6. The predicted octanol–water partition coefficient (Wildman–Crippen LogP) is 4.83. The van der Waals surface area contributed by atoms with Crippen molar-refractivity contribution < 1.29 is 5.11 Å². The Morgan fingerprint density at radius 3 is 2.27 bits per heavy atom. The summed E-state index contributed by atoms with van der Waals surface area (Å²) in [5.74, 6) is 0. The van der Waals surface area contributed by atoms with E-state index in [-0.39, 0.29) is 13.2 Å². The molecular weight excluding hydrogens is 330 g/mol. The molecule has 1 rings (SSSR count). The third-order valence-electron chi connectivity index (χ3n) is 4.74. The van der Waals surface area contributed by atoms with Gasteiger partial charge in [0.15, 0.2) is 5.54 Å². The molecule has 144 valence electrons. The zero-order valence-electron chi connectivity index (χ0n) is 15.7. The Balaban J connectivity index is 2.47. The highest BCUT2D eigenvalue weighted by atomic mass is 16.3. The average molecular weight is 361 g/mol. The minimum Gasteiger partial charge on any atom is -0.392 e. The van der Waals surface area contributed by atoms with Crippen LogP contribution in [0.4, 0.5) is 0 Å². The van der Waals surface area contributed by atoms with Crippen LogP contribution in [0.15, 0.2) is 34.7 Å². The molecule has 0 aliphatic carbocycles. The van der Waals surface area contributed by atoms with Crippen molar-refractivity contribution in [2.75, 3.05) is 13.2 Å². The molecule has 0 aromatic heterocycles. The summed E-state index contributed by atoms with van der Waals surface area (Å²) in [5.41, 5.74) is 12.4. The molecule has 1 aromatic carbocycles. The molecule has 0 saturated heterocycles. The summed E-state index contributed by atoms with van der Waals surface area (Å²) in [4.78, 5) is 13.3. The number of nitrogens with one attached hydrogen (secondary N) is 1. The van der Waals surface area contributed by atoms with Crippen LogP contribution in [0.1, 0.15) is 63.0 Å². The van der Waals surface area contributed by atoms with Crippen LogP contribution in [-0.4, -0.2) is 23.8 Å². The first kappa shape index (κ1) is 21.9. The van der Waals surface area contributed by atoms with Crippen molar-refractivity contribution in [1.29, 1.82) is 0 Å². The lowest BCUT2D eigenvalue weighted by Crippen LogP contribution is -2.48. The number of benzene rings is 1. The molecule has 1 unspecified atom stereocenters. The van der Waals surface area contributed by atoms with Crippen LogP contribution in [0.3, 0.4) is 0 Å². The molecule has 1 atom stereocenters. The van der Waals surface area contributed by atoms with Crippen LogP contribution in [0, 0.1) is 4.91 Å². The van der Waals surface area contributed by atoms with Crippen LogP contribution in [0.25, 0.3) is 10.4 Å². The van der Waals surface area contributed by atoms with Gasteiger partial charge >= 0.3 is 0 Å². The molecule has 0 aliphatic rings. The van der Waals surface area contributed by atoms with E-state index in [1.165, 1.54) is 44.1 Å². The van der Waals surface area contributed by atoms with Crippen LogP contribution in [0.2, 0.25) is 0 Å². The van der Waals surface area contributed by atoms with Crippen LogP contribution >= 0.6 is 0 Å². The number of hydrogen-bond donors (Lipinski definition) is 2. The number of nitrogens with zero attached hydrogens (tertiary/aromatic N) is 4. The van der Waals surface area contributed by atoms with Gasteiger partial charge in [0.25, 0.3) is 0 Å². The molecule has 0 radical (unpaired) electrons. The first-order chi connectivity index (χ1) is 12.7. The van der Waals surface area contributed by atoms with Crippen molar-refractivity contribution in [3.05, 3.63) is 50.7 Å². The fourth-order valence-electron chi connectivity index (χ4n) is 2.95. The fraction of sp³-hybridized carbons (Fsp3) is 0.684. The molecule has 0 amide bonds. The highest BCUT2D eigenvalue weighted by Gasteiger charge is 2.32. The number of azide groups is 1. The predicted molar refractivity (Wildman–Crippen MR) is 105 cm³/mol. The van der Waals surface area contributed by atoms with E-state index in [1.807, 2.05) is 0 Å². The molecule has 7 heteroatoms. The number of rotatable bonds is 15. The van der Waals surface area contributed by atoms with E-state index < -0.39 is 5.54 Å². The van der Waals surface area contributed by atoms with Gasteiger partial charge in [-0.25, -0.2) is 0 Å². The standard InChI is InChI=1S/C19H31N5O2/c1-2-3-4-5-6-7-8-17-9-11-18(12-10-17)13-14-19(16-25,15-21-26)22-24-23-20/h9-12,22,25H,2-8,13-16H2,1H3. The second-order valence-corrected chi connectivity index (χ2v) is 6.86. The molecule has 0 bridgehead atoms. The Hall–Kier alpha value is -2.11. The number of aliphatic hydroxyl groups is 1. The van der Waals surface area contributed by atoms with Gasteiger partial charge in [-0.15, -0.1) is 5.53 Å². The first-order valence-corrected chi connectivity index (χ1v) is 9.48. The summed E-state index contributed by atoms with van der Waals surface area (Å²) in [6, 6.07) is 8.44. The van der Waals surface area contributed by atoms with Crippen molar-refractivity contribution in [3.63, 3.8) is 0 Å². The summed E-state index contributed by atoms with van der Waals surface area (Å²) in [6.07, 6.45) is 9.97. The van der Waals surface area contributed by atoms with Gasteiger partial charge in [-0.2, -0.15) is 9.82 Å². The molecule has 0 spiro atoms. The van der Waals surface area contributed by atoms with E-state index in [0.29, 0.717) is 12.8 Å². The maximum absolute atomic E-state index is 10.6. The number of nitroso groups, excluding NO2 is 1. The average Bonchev–Trinajstić information content (AvgIpc) is 2.68. The number of unbranched alkanes of at least 4 members (excludes halogenated alkanes) is 5. The molecule has 0 fully saturated rings. The van der Waals surface area contributed by atoms with Gasteiger partial charge in [0.1, 0.15) is 6.54 Å². The highest BCUT2D eigenvalue weighted by molar-refractivity contribution is 5.23. The van der Waals surface area contributed by atoms with Gasteiger partial charge in [-0.05, 0) is 42.0 Å². The Bertz CT molecular complexity index is 558. The summed E-state index contributed by atoms with van der Waals surface area (Å²) < 4.78 is 0.